The first-order valence-electron chi connectivity index (χ1n) is 11.3. The third kappa shape index (κ3) is 6.50. The van der Waals surface area contributed by atoms with Gasteiger partial charge >= 0.3 is 5.69 Å². The zero-order chi connectivity index (χ0) is 22.4. The van der Waals surface area contributed by atoms with Gasteiger partial charge in [0.05, 0.1) is 6.10 Å². The molecule has 1 aliphatic carbocycles. The van der Waals surface area contributed by atoms with Crippen LogP contribution in [0, 0.1) is 19.3 Å². The monoisotopic (exact) mass is 425 g/mol. The summed E-state index contributed by atoms with van der Waals surface area (Å²) >= 11 is 0. The fourth-order valence-corrected chi connectivity index (χ4v) is 4.79. The Labute approximate surface area is 184 Å². The van der Waals surface area contributed by atoms with Crippen molar-refractivity contribution in [1.29, 1.82) is 0 Å². The molecule has 3 rings (SSSR count). The van der Waals surface area contributed by atoms with E-state index >= 15 is 0 Å². The maximum absolute atomic E-state index is 12.6. The molecule has 0 bridgehead atoms. The number of rotatable bonds is 6. The maximum atomic E-state index is 12.6. The first-order chi connectivity index (χ1) is 14.8. The minimum absolute atomic E-state index is 0.0333. The summed E-state index contributed by atoms with van der Waals surface area (Å²) in [5, 5.41) is 13.5. The van der Waals surface area contributed by atoms with Crippen molar-refractivity contribution in [2.75, 3.05) is 6.54 Å². The molecular formula is C25H35N3O3. The first-order valence-corrected chi connectivity index (χ1v) is 11.3. The molecule has 1 heterocycles. The molecule has 168 valence electrons. The zero-order valence-electron chi connectivity index (χ0n) is 18.9. The summed E-state index contributed by atoms with van der Waals surface area (Å²) in [6.07, 6.45) is 4.39. The van der Waals surface area contributed by atoms with Crippen LogP contribution in [-0.2, 0) is 11.3 Å². The van der Waals surface area contributed by atoms with Gasteiger partial charge in [-0.1, -0.05) is 43.7 Å². The van der Waals surface area contributed by atoms with E-state index in [0.29, 0.717) is 18.8 Å². The number of carbonyl (C=O) groups excluding carboxylic acids is 1. The maximum Gasteiger partial charge on any atom is 0.347 e. The van der Waals surface area contributed by atoms with Gasteiger partial charge in [0, 0.05) is 30.9 Å². The fraction of sp³-hybridized carbons (Fsp3) is 0.560. The van der Waals surface area contributed by atoms with E-state index in [1.807, 2.05) is 31.2 Å². The number of hydrogen-bond donors (Lipinski definition) is 2. The van der Waals surface area contributed by atoms with E-state index in [0.717, 1.165) is 37.8 Å². The minimum Gasteiger partial charge on any atom is -0.393 e. The van der Waals surface area contributed by atoms with Crippen molar-refractivity contribution in [2.24, 2.45) is 5.41 Å². The van der Waals surface area contributed by atoms with Crippen LogP contribution in [0.25, 0.3) is 0 Å². The van der Waals surface area contributed by atoms with Crippen molar-refractivity contribution in [1.82, 2.24) is 14.9 Å². The molecule has 0 radical (unpaired) electrons. The van der Waals surface area contributed by atoms with Crippen molar-refractivity contribution in [3.8, 4) is 0 Å². The predicted octanol–water partition coefficient (Wildman–Crippen LogP) is 3.48. The number of amides is 1. The molecule has 3 atom stereocenters. The summed E-state index contributed by atoms with van der Waals surface area (Å²) in [4.78, 5) is 28.6. The Kier molecular flexibility index (Phi) is 7.65. The Balaban J connectivity index is 1.61. The first kappa shape index (κ1) is 23.2. The van der Waals surface area contributed by atoms with Gasteiger partial charge in [-0.2, -0.15) is 4.98 Å². The highest BCUT2D eigenvalue weighted by Crippen LogP contribution is 2.40. The predicted molar refractivity (Wildman–Crippen MR) is 122 cm³/mol. The van der Waals surface area contributed by atoms with E-state index in [1.165, 1.54) is 5.56 Å². The van der Waals surface area contributed by atoms with Crippen LogP contribution in [0.4, 0.5) is 0 Å². The second-order valence-corrected chi connectivity index (χ2v) is 9.40. The Morgan fingerprint density at radius 1 is 1.29 bits per heavy atom. The lowest BCUT2D eigenvalue weighted by molar-refractivity contribution is -0.121. The van der Waals surface area contributed by atoms with Crippen LogP contribution in [-0.4, -0.2) is 33.2 Å². The average Bonchev–Trinajstić information content (AvgIpc) is 2.70. The molecule has 0 aliphatic heterocycles. The van der Waals surface area contributed by atoms with Crippen LogP contribution < -0.4 is 11.0 Å². The number of hydrogen-bond acceptors (Lipinski definition) is 4. The highest BCUT2D eigenvalue weighted by molar-refractivity contribution is 5.75. The van der Waals surface area contributed by atoms with E-state index < -0.39 is 0 Å². The number of aliphatic hydroxyl groups is 1. The van der Waals surface area contributed by atoms with Gasteiger partial charge in [-0.3, -0.25) is 9.36 Å². The van der Waals surface area contributed by atoms with Gasteiger partial charge in [-0.15, -0.1) is 0 Å². The molecule has 6 heteroatoms. The molecule has 0 spiro atoms. The standard InChI is InChI=1S/C25H35N3O3/c1-18-14-19(2)28(24(31)27-18)13-11-23(30)26-17-25(3)12-7-10-22(29)15-21(16-25)20-8-5-4-6-9-20/h4-6,8-9,14,21-22,29H,7,10-13,15-17H2,1-3H3,(H,26,30)/t21-,22+,25+/m0/s1. The highest BCUT2D eigenvalue weighted by Gasteiger charge is 2.32. The average molecular weight is 426 g/mol. The molecule has 1 amide bonds. The van der Waals surface area contributed by atoms with E-state index in [4.69, 9.17) is 0 Å². The second-order valence-electron chi connectivity index (χ2n) is 9.40. The second kappa shape index (κ2) is 10.2. The van der Waals surface area contributed by atoms with Gasteiger partial charge in [0.1, 0.15) is 0 Å². The topological polar surface area (TPSA) is 84.2 Å². The molecule has 2 N–H and O–H groups in total. The van der Waals surface area contributed by atoms with Gasteiger partial charge in [0.25, 0.3) is 0 Å². The fourth-order valence-electron chi connectivity index (χ4n) is 4.79. The van der Waals surface area contributed by atoms with E-state index in [2.05, 4.69) is 29.4 Å². The third-order valence-electron chi connectivity index (χ3n) is 6.51. The van der Waals surface area contributed by atoms with E-state index in [1.54, 1.807) is 11.5 Å². The Hall–Kier alpha value is -2.47. The molecule has 0 unspecified atom stereocenters. The molecule has 1 aliphatic rings. The number of aliphatic hydroxyl groups excluding tert-OH is 1. The Morgan fingerprint density at radius 2 is 2.03 bits per heavy atom. The largest absolute Gasteiger partial charge is 0.393 e. The summed E-state index contributed by atoms with van der Waals surface area (Å²) in [5.41, 5.74) is 2.43. The lowest BCUT2D eigenvalue weighted by atomic mass is 9.71. The van der Waals surface area contributed by atoms with Crippen molar-refractivity contribution in [2.45, 2.75) is 77.9 Å². The zero-order valence-corrected chi connectivity index (χ0v) is 18.9. The van der Waals surface area contributed by atoms with Crippen LogP contribution in [0.1, 0.15) is 68.3 Å². The SMILES string of the molecule is Cc1cc(C)n(CCC(=O)NC[C@]2(C)CCC[C@@H](O)C[C@H](c3ccccc3)C2)c(=O)n1. The molecule has 2 aromatic rings. The van der Waals surface area contributed by atoms with Crippen LogP contribution >= 0.6 is 0 Å². The summed E-state index contributed by atoms with van der Waals surface area (Å²) in [6, 6.07) is 12.2. The van der Waals surface area contributed by atoms with E-state index in [9.17, 15) is 14.7 Å². The van der Waals surface area contributed by atoms with Gasteiger partial charge in [-0.05, 0) is 62.5 Å². The molecule has 1 saturated carbocycles. The molecule has 0 saturated heterocycles. The van der Waals surface area contributed by atoms with Gasteiger partial charge < -0.3 is 10.4 Å². The van der Waals surface area contributed by atoms with Crippen molar-refractivity contribution in [3.05, 3.63) is 63.8 Å². The minimum atomic E-state index is -0.304. The lowest BCUT2D eigenvalue weighted by Crippen LogP contribution is -2.39. The molecule has 1 aromatic carbocycles. The smallest absolute Gasteiger partial charge is 0.347 e. The third-order valence-corrected chi connectivity index (χ3v) is 6.51. The summed E-state index contributed by atoms with van der Waals surface area (Å²) < 4.78 is 1.55. The molecule has 6 nitrogen and oxygen atoms in total. The number of aryl methyl sites for hydroxylation is 2. The number of carbonyl (C=O) groups is 1. The Morgan fingerprint density at radius 3 is 2.74 bits per heavy atom. The van der Waals surface area contributed by atoms with Crippen molar-refractivity contribution >= 4 is 5.91 Å². The number of benzene rings is 1. The van der Waals surface area contributed by atoms with Gasteiger partial charge in [-0.25, -0.2) is 4.79 Å². The van der Waals surface area contributed by atoms with Crippen LogP contribution in [0.15, 0.2) is 41.2 Å². The van der Waals surface area contributed by atoms with Crippen LogP contribution in [0.2, 0.25) is 0 Å². The van der Waals surface area contributed by atoms with Gasteiger partial charge in [0.2, 0.25) is 5.91 Å². The quantitative estimate of drug-likeness (QED) is 0.742. The number of nitrogens with one attached hydrogen (secondary N) is 1. The summed E-state index contributed by atoms with van der Waals surface area (Å²) in [5.74, 6) is 0.227. The number of aromatic nitrogens is 2. The molecular weight excluding hydrogens is 390 g/mol. The van der Waals surface area contributed by atoms with E-state index in [-0.39, 0.29) is 35.5 Å². The molecule has 1 fully saturated rings. The molecule has 31 heavy (non-hydrogen) atoms. The van der Waals surface area contributed by atoms with Crippen molar-refractivity contribution < 1.29 is 9.90 Å². The Bertz CT molecular complexity index is 941. The van der Waals surface area contributed by atoms with Crippen LogP contribution in [0.5, 0.6) is 0 Å². The molecule has 1 aromatic heterocycles. The normalized spacial score (nSPS) is 24.3. The number of nitrogens with zero attached hydrogens (tertiary/aromatic N) is 2. The highest BCUT2D eigenvalue weighted by atomic mass is 16.3. The summed E-state index contributed by atoms with van der Waals surface area (Å²) in [7, 11) is 0. The lowest BCUT2D eigenvalue weighted by Gasteiger charge is -2.37. The van der Waals surface area contributed by atoms with Crippen LogP contribution in [0.3, 0.4) is 0 Å². The van der Waals surface area contributed by atoms with Gasteiger partial charge in [0.15, 0.2) is 0 Å². The van der Waals surface area contributed by atoms with Crippen molar-refractivity contribution in [3.63, 3.8) is 0 Å². The summed E-state index contributed by atoms with van der Waals surface area (Å²) in [6.45, 7) is 6.83.